The smallest absolute Gasteiger partial charge is 0.232 e. The highest BCUT2D eigenvalue weighted by Crippen LogP contribution is 2.41. The summed E-state index contributed by atoms with van der Waals surface area (Å²) in [5.74, 6) is 3.11. The Hall–Kier alpha value is -2.16. The van der Waals surface area contributed by atoms with Gasteiger partial charge in [0.05, 0.1) is 13.2 Å². The zero-order chi connectivity index (χ0) is 25.0. The van der Waals surface area contributed by atoms with Gasteiger partial charge >= 0.3 is 0 Å². The number of hydrogen-bond donors (Lipinski definition) is 2. The Morgan fingerprint density at radius 1 is 1.06 bits per heavy atom. The van der Waals surface area contributed by atoms with Crippen LogP contribution >= 0.6 is 23.8 Å². The first kappa shape index (κ1) is 25.5. The average Bonchev–Trinajstić information content (AvgIpc) is 3.38. The molecule has 1 aromatic carbocycles. The molecule has 7 nitrogen and oxygen atoms in total. The highest BCUT2D eigenvalue weighted by molar-refractivity contribution is 7.80. The van der Waals surface area contributed by atoms with E-state index in [0.29, 0.717) is 17.0 Å². The maximum atomic E-state index is 6.15. The highest BCUT2D eigenvalue weighted by atomic mass is 35.5. The maximum Gasteiger partial charge on any atom is 0.232 e. The summed E-state index contributed by atoms with van der Waals surface area (Å²) in [7, 11) is 0. The number of piperidine rings is 1. The molecule has 1 aromatic heterocycles. The van der Waals surface area contributed by atoms with Gasteiger partial charge in [-0.05, 0) is 61.5 Å². The van der Waals surface area contributed by atoms with Crippen LogP contribution in [-0.4, -0.2) is 61.0 Å². The van der Waals surface area contributed by atoms with Crippen molar-refractivity contribution in [1.29, 1.82) is 0 Å². The lowest BCUT2D eigenvalue weighted by atomic mass is 9.79. The number of ether oxygens (including phenoxy) is 1. The van der Waals surface area contributed by atoms with Gasteiger partial charge in [0.15, 0.2) is 5.11 Å². The summed E-state index contributed by atoms with van der Waals surface area (Å²) in [4.78, 5) is 14.4. The van der Waals surface area contributed by atoms with Gasteiger partial charge in [-0.25, -0.2) is 0 Å². The zero-order valence-corrected chi connectivity index (χ0v) is 22.7. The Balaban J connectivity index is 1.31. The fraction of sp³-hybridized carbons (Fsp3) is 0.593. The van der Waals surface area contributed by atoms with E-state index in [1.165, 1.54) is 31.2 Å². The van der Waals surface area contributed by atoms with Gasteiger partial charge in [0.2, 0.25) is 5.95 Å². The second kappa shape index (κ2) is 11.5. The molecule has 2 N–H and O–H groups in total. The van der Waals surface area contributed by atoms with Crippen molar-refractivity contribution < 1.29 is 4.74 Å². The van der Waals surface area contributed by atoms with Gasteiger partial charge in [-0.15, -0.1) is 0 Å². The number of nitrogens with one attached hydrogen (secondary N) is 2. The number of rotatable bonds is 6. The lowest BCUT2D eigenvalue weighted by molar-refractivity contribution is 0.122. The van der Waals surface area contributed by atoms with Gasteiger partial charge in [0, 0.05) is 49.2 Å². The monoisotopic (exact) mass is 528 g/mol. The Morgan fingerprint density at radius 3 is 2.44 bits per heavy atom. The molecule has 3 fully saturated rings. The number of aromatic nitrogens is 2. The number of hydrogen-bond acceptors (Lipinski definition) is 6. The van der Waals surface area contributed by atoms with Crippen molar-refractivity contribution >= 4 is 46.5 Å². The van der Waals surface area contributed by atoms with Crippen LogP contribution < -0.4 is 20.4 Å². The van der Waals surface area contributed by atoms with Gasteiger partial charge in [0.1, 0.15) is 11.6 Å². The first-order valence-electron chi connectivity index (χ1n) is 13.3. The Kier molecular flexibility index (Phi) is 8.13. The summed E-state index contributed by atoms with van der Waals surface area (Å²) in [5.41, 5.74) is 1.40. The summed E-state index contributed by atoms with van der Waals surface area (Å²) < 4.78 is 5.56. The molecular weight excluding hydrogens is 492 g/mol. The molecule has 9 heteroatoms. The predicted octanol–water partition coefficient (Wildman–Crippen LogP) is 5.00. The number of nitrogens with zero attached hydrogens (tertiary/aromatic N) is 4. The predicted molar refractivity (Wildman–Crippen MR) is 151 cm³/mol. The molecule has 3 heterocycles. The van der Waals surface area contributed by atoms with Crippen molar-refractivity contribution in [1.82, 2.24) is 15.3 Å². The minimum atomic E-state index is 0.0714. The normalized spacial score (nSPS) is 21.9. The number of thiocarbonyl (C=S) groups is 1. The third-order valence-corrected chi connectivity index (χ3v) is 8.34. The lowest BCUT2D eigenvalue weighted by Crippen LogP contribution is -2.41. The van der Waals surface area contributed by atoms with Crippen LogP contribution in [0.2, 0.25) is 5.02 Å². The molecule has 2 aliphatic heterocycles. The molecule has 5 rings (SSSR count). The topological polar surface area (TPSA) is 65.6 Å². The van der Waals surface area contributed by atoms with Crippen molar-refractivity contribution in [2.24, 2.45) is 5.92 Å². The minimum absolute atomic E-state index is 0.0714. The molecule has 0 amide bonds. The molecule has 0 radical (unpaired) electrons. The summed E-state index contributed by atoms with van der Waals surface area (Å²) in [6, 6.07) is 10.4. The van der Waals surface area contributed by atoms with Gasteiger partial charge < -0.3 is 25.2 Å². The summed E-state index contributed by atoms with van der Waals surface area (Å²) in [5, 5.41) is 8.13. The van der Waals surface area contributed by atoms with Gasteiger partial charge in [-0.3, -0.25) is 0 Å². The maximum absolute atomic E-state index is 6.15. The second-order valence-corrected chi connectivity index (χ2v) is 11.3. The molecule has 194 valence electrons. The van der Waals surface area contributed by atoms with Crippen LogP contribution in [-0.2, 0) is 10.2 Å². The number of benzene rings is 1. The third kappa shape index (κ3) is 6.03. The molecule has 1 aliphatic carbocycles. The van der Waals surface area contributed by atoms with Crippen molar-refractivity contribution in [3.63, 3.8) is 0 Å². The van der Waals surface area contributed by atoms with Crippen LogP contribution in [0.25, 0.3) is 0 Å². The molecular formula is C27H37ClN6OS. The van der Waals surface area contributed by atoms with E-state index in [1.807, 2.05) is 12.1 Å². The van der Waals surface area contributed by atoms with Crippen molar-refractivity contribution in [2.75, 3.05) is 61.1 Å². The molecule has 0 unspecified atom stereocenters. The van der Waals surface area contributed by atoms with Crippen LogP contribution in [0.3, 0.4) is 0 Å². The zero-order valence-electron chi connectivity index (χ0n) is 21.1. The molecule has 1 atom stereocenters. The van der Waals surface area contributed by atoms with E-state index in [0.717, 1.165) is 75.4 Å². The number of anilines is 3. The SMILES string of the molecule is C[C@@H]1CCCN(c2cc(N3CCOCC3)nc(NC(=S)NCC3(c4ccc(Cl)cc4)CCCC3)n2)C1. The van der Waals surface area contributed by atoms with Crippen molar-refractivity contribution in [3.05, 3.63) is 40.9 Å². The largest absolute Gasteiger partial charge is 0.378 e. The fourth-order valence-corrected chi connectivity index (χ4v) is 6.10. The van der Waals surface area contributed by atoms with Gasteiger partial charge in [-0.1, -0.05) is 43.5 Å². The van der Waals surface area contributed by atoms with E-state index in [2.05, 4.69) is 45.6 Å². The van der Waals surface area contributed by atoms with Gasteiger partial charge in [0.25, 0.3) is 0 Å². The molecule has 1 saturated carbocycles. The third-order valence-electron chi connectivity index (χ3n) is 7.85. The van der Waals surface area contributed by atoms with E-state index < -0.39 is 0 Å². The summed E-state index contributed by atoms with van der Waals surface area (Å²) in [6.07, 6.45) is 7.20. The number of halogens is 1. The molecule has 2 saturated heterocycles. The first-order valence-corrected chi connectivity index (χ1v) is 14.1. The van der Waals surface area contributed by atoms with E-state index in [1.54, 1.807) is 0 Å². The van der Waals surface area contributed by atoms with Crippen LogP contribution in [0.4, 0.5) is 17.6 Å². The Morgan fingerprint density at radius 2 is 1.75 bits per heavy atom. The highest BCUT2D eigenvalue weighted by Gasteiger charge is 2.35. The summed E-state index contributed by atoms with van der Waals surface area (Å²) in [6.45, 7) is 8.23. The van der Waals surface area contributed by atoms with Crippen LogP contribution in [0, 0.1) is 5.92 Å². The van der Waals surface area contributed by atoms with E-state index in [4.69, 9.17) is 38.5 Å². The Labute approximate surface area is 225 Å². The first-order chi connectivity index (χ1) is 17.5. The minimum Gasteiger partial charge on any atom is -0.378 e. The van der Waals surface area contributed by atoms with E-state index in [-0.39, 0.29) is 5.41 Å². The van der Waals surface area contributed by atoms with Crippen LogP contribution in [0.15, 0.2) is 30.3 Å². The molecule has 2 aromatic rings. The fourth-order valence-electron chi connectivity index (χ4n) is 5.81. The average molecular weight is 529 g/mol. The standard InChI is InChI=1S/C27H37ClN6OS/c1-20-5-4-12-34(18-20)24-17-23(33-13-15-35-16-14-33)30-25(31-24)32-26(36)29-19-27(10-2-3-11-27)21-6-8-22(28)9-7-21/h6-9,17,20H,2-5,10-16,18-19H2,1H3,(H2,29,30,31,32,36)/t20-/m1/s1. The molecule has 0 spiro atoms. The quantitative estimate of drug-likeness (QED) is 0.508. The van der Waals surface area contributed by atoms with E-state index >= 15 is 0 Å². The van der Waals surface area contributed by atoms with Gasteiger partial charge in [-0.2, -0.15) is 9.97 Å². The summed E-state index contributed by atoms with van der Waals surface area (Å²) >= 11 is 11.9. The Bertz CT molecular complexity index is 1040. The molecule has 3 aliphatic rings. The van der Waals surface area contributed by atoms with Crippen molar-refractivity contribution in [2.45, 2.75) is 50.9 Å². The molecule has 0 bridgehead atoms. The molecule has 36 heavy (non-hydrogen) atoms. The van der Waals surface area contributed by atoms with Crippen LogP contribution in [0.1, 0.15) is 51.0 Å². The number of morpholine rings is 1. The van der Waals surface area contributed by atoms with Crippen molar-refractivity contribution in [3.8, 4) is 0 Å². The van der Waals surface area contributed by atoms with Crippen LogP contribution in [0.5, 0.6) is 0 Å². The lowest BCUT2D eigenvalue weighted by Gasteiger charge is -2.33. The second-order valence-electron chi connectivity index (χ2n) is 10.5. The van der Waals surface area contributed by atoms with E-state index in [9.17, 15) is 0 Å².